The standard InChI is InChI=1S/C14H18O2/c1-5-14(4,13(15)16)9-12-7-6-10(2)11(3)8-12/h5-8H,1,9H2,2-4H3,(H,15,16). The van der Waals surface area contributed by atoms with Crippen LogP contribution >= 0.6 is 0 Å². The van der Waals surface area contributed by atoms with Gasteiger partial charge in [-0.05, 0) is 43.9 Å². The summed E-state index contributed by atoms with van der Waals surface area (Å²) in [6, 6.07) is 6.04. The van der Waals surface area contributed by atoms with Crippen LogP contribution in [0.4, 0.5) is 0 Å². The second-order valence-corrected chi connectivity index (χ2v) is 4.52. The molecule has 2 heteroatoms. The Hall–Kier alpha value is -1.57. The van der Waals surface area contributed by atoms with Crippen LogP contribution in [0.3, 0.4) is 0 Å². The van der Waals surface area contributed by atoms with Crippen LogP contribution in [0.25, 0.3) is 0 Å². The van der Waals surface area contributed by atoms with E-state index in [4.69, 9.17) is 5.11 Å². The van der Waals surface area contributed by atoms with Crippen LogP contribution in [0, 0.1) is 19.3 Å². The van der Waals surface area contributed by atoms with E-state index >= 15 is 0 Å². The minimum absolute atomic E-state index is 0.479. The Kier molecular flexibility index (Phi) is 3.53. The quantitative estimate of drug-likeness (QED) is 0.788. The van der Waals surface area contributed by atoms with Crippen molar-refractivity contribution in [2.24, 2.45) is 5.41 Å². The highest BCUT2D eigenvalue weighted by molar-refractivity contribution is 5.76. The predicted molar refractivity (Wildman–Crippen MR) is 65.6 cm³/mol. The second kappa shape index (κ2) is 4.52. The summed E-state index contributed by atoms with van der Waals surface area (Å²) in [4.78, 5) is 11.1. The van der Waals surface area contributed by atoms with E-state index in [0.29, 0.717) is 6.42 Å². The van der Waals surface area contributed by atoms with Crippen LogP contribution in [0.15, 0.2) is 30.9 Å². The summed E-state index contributed by atoms with van der Waals surface area (Å²) < 4.78 is 0. The molecule has 1 N–H and O–H groups in total. The smallest absolute Gasteiger partial charge is 0.313 e. The molecule has 0 radical (unpaired) electrons. The molecule has 2 nitrogen and oxygen atoms in total. The lowest BCUT2D eigenvalue weighted by Gasteiger charge is -2.20. The fourth-order valence-corrected chi connectivity index (χ4v) is 1.57. The van der Waals surface area contributed by atoms with Crippen LogP contribution in [-0.4, -0.2) is 11.1 Å². The number of aliphatic carboxylic acids is 1. The van der Waals surface area contributed by atoms with Crippen molar-refractivity contribution in [1.29, 1.82) is 0 Å². The minimum Gasteiger partial charge on any atom is -0.481 e. The maximum absolute atomic E-state index is 11.1. The maximum Gasteiger partial charge on any atom is 0.313 e. The summed E-state index contributed by atoms with van der Waals surface area (Å²) in [5.74, 6) is -0.833. The molecule has 0 fully saturated rings. The first-order valence-electron chi connectivity index (χ1n) is 5.32. The predicted octanol–water partition coefficient (Wildman–Crippen LogP) is 3.12. The van der Waals surface area contributed by atoms with Gasteiger partial charge < -0.3 is 5.11 Å². The SMILES string of the molecule is C=CC(C)(Cc1ccc(C)c(C)c1)C(=O)O. The third-order valence-corrected chi connectivity index (χ3v) is 3.08. The monoisotopic (exact) mass is 218 g/mol. The lowest BCUT2D eigenvalue weighted by molar-refractivity contribution is -0.145. The number of carboxylic acid groups (broad SMARTS) is 1. The molecular weight excluding hydrogens is 200 g/mol. The van der Waals surface area contributed by atoms with Crippen molar-refractivity contribution in [3.8, 4) is 0 Å². The summed E-state index contributed by atoms with van der Waals surface area (Å²) in [6.07, 6.45) is 1.98. The van der Waals surface area contributed by atoms with Gasteiger partial charge >= 0.3 is 5.97 Å². The summed E-state index contributed by atoms with van der Waals surface area (Å²) >= 11 is 0. The molecule has 1 rings (SSSR count). The molecule has 1 atom stereocenters. The van der Waals surface area contributed by atoms with E-state index in [1.54, 1.807) is 6.92 Å². The van der Waals surface area contributed by atoms with Crippen LogP contribution in [-0.2, 0) is 11.2 Å². The summed E-state index contributed by atoms with van der Waals surface area (Å²) in [5.41, 5.74) is 2.56. The summed E-state index contributed by atoms with van der Waals surface area (Å²) in [7, 11) is 0. The molecule has 16 heavy (non-hydrogen) atoms. The van der Waals surface area contributed by atoms with Gasteiger partial charge in [-0.1, -0.05) is 24.3 Å². The molecule has 0 spiro atoms. The molecule has 0 aliphatic carbocycles. The zero-order valence-electron chi connectivity index (χ0n) is 10.1. The Morgan fingerprint density at radius 1 is 1.44 bits per heavy atom. The van der Waals surface area contributed by atoms with Gasteiger partial charge in [0, 0.05) is 0 Å². The van der Waals surface area contributed by atoms with Gasteiger partial charge in [0.05, 0.1) is 5.41 Å². The first kappa shape index (κ1) is 12.5. The van der Waals surface area contributed by atoms with Gasteiger partial charge in [-0.25, -0.2) is 0 Å². The van der Waals surface area contributed by atoms with E-state index in [2.05, 4.69) is 6.58 Å². The van der Waals surface area contributed by atoms with Crippen molar-refractivity contribution >= 4 is 5.97 Å². The van der Waals surface area contributed by atoms with E-state index in [9.17, 15) is 4.79 Å². The van der Waals surface area contributed by atoms with Crippen molar-refractivity contribution in [2.45, 2.75) is 27.2 Å². The van der Waals surface area contributed by atoms with Gasteiger partial charge in [-0.3, -0.25) is 4.79 Å². The molecule has 0 heterocycles. The summed E-state index contributed by atoms with van der Waals surface area (Å²) in [6.45, 7) is 9.38. The van der Waals surface area contributed by atoms with Crippen LogP contribution in [0.2, 0.25) is 0 Å². The average molecular weight is 218 g/mol. The Bertz CT molecular complexity index is 421. The van der Waals surface area contributed by atoms with Crippen molar-refractivity contribution in [3.05, 3.63) is 47.5 Å². The number of carboxylic acids is 1. The van der Waals surface area contributed by atoms with E-state index in [-0.39, 0.29) is 0 Å². The van der Waals surface area contributed by atoms with Gasteiger partial charge in [0.1, 0.15) is 0 Å². The Morgan fingerprint density at radius 3 is 2.50 bits per heavy atom. The number of benzene rings is 1. The number of rotatable bonds is 4. The molecule has 0 saturated heterocycles. The molecule has 1 unspecified atom stereocenters. The van der Waals surface area contributed by atoms with Gasteiger partial charge in [0.25, 0.3) is 0 Å². The molecule has 0 aliphatic heterocycles. The van der Waals surface area contributed by atoms with Crippen molar-refractivity contribution in [2.75, 3.05) is 0 Å². The average Bonchev–Trinajstić information content (AvgIpc) is 2.23. The normalized spacial score (nSPS) is 14.2. The molecule has 1 aromatic rings. The molecule has 0 saturated carbocycles. The largest absolute Gasteiger partial charge is 0.481 e. The van der Waals surface area contributed by atoms with Crippen molar-refractivity contribution in [1.82, 2.24) is 0 Å². The highest BCUT2D eigenvalue weighted by Crippen LogP contribution is 2.25. The van der Waals surface area contributed by atoms with Crippen molar-refractivity contribution < 1.29 is 9.90 Å². The zero-order chi connectivity index (χ0) is 12.3. The minimum atomic E-state index is -0.887. The van der Waals surface area contributed by atoms with E-state index in [0.717, 1.165) is 5.56 Å². The molecular formula is C14H18O2. The highest BCUT2D eigenvalue weighted by Gasteiger charge is 2.29. The third-order valence-electron chi connectivity index (χ3n) is 3.08. The van der Waals surface area contributed by atoms with Gasteiger partial charge in [0.2, 0.25) is 0 Å². The number of carbonyl (C=O) groups is 1. The molecule has 86 valence electrons. The zero-order valence-corrected chi connectivity index (χ0v) is 10.1. The fourth-order valence-electron chi connectivity index (χ4n) is 1.57. The van der Waals surface area contributed by atoms with E-state index < -0.39 is 11.4 Å². The topological polar surface area (TPSA) is 37.3 Å². The Labute approximate surface area is 96.6 Å². The first-order valence-corrected chi connectivity index (χ1v) is 5.32. The van der Waals surface area contributed by atoms with Gasteiger partial charge in [-0.15, -0.1) is 6.58 Å². The van der Waals surface area contributed by atoms with Crippen molar-refractivity contribution in [3.63, 3.8) is 0 Å². The molecule has 0 aromatic heterocycles. The molecule has 0 bridgehead atoms. The van der Waals surface area contributed by atoms with Gasteiger partial charge in [0.15, 0.2) is 0 Å². The lowest BCUT2D eigenvalue weighted by atomic mass is 9.83. The number of hydrogen-bond acceptors (Lipinski definition) is 1. The van der Waals surface area contributed by atoms with Crippen LogP contribution < -0.4 is 0 Å². The van der Waals surface area contributed by atoms with Crippen LogP contribution in [0.5, 0.6) is 0 Å². The fraction of sp³-hybridized carbons (Fsp3) is 0.357. The molecule has 0 aliphatic rings. The van der Waals surface area contributed by atoms with Crippen LogP contribution in [0.1, 0.15) is 23.6 Å². The first-order chi connectivity index (χ1) is 7.39. The molecule has 1 aromatic carbocycles. The third kappa shape index (κ3) is 2.51. The number of hydrogen-bond donors (Lipinski definition) is 1. The van der Waals surface area contributed by atoms with Gasteiger partial charge in [-0.2, -0.15) is 0 Å². The Morgan fingerprint density at radius 2 is 2.06 bits per heavy atom. The van der Waals surface area contributed by atoms with E-state index in [1.165, 1.54) is 17.2 Å². The highest BCUT2D eigenvalue weighted by atomic mass is 16.4. The second-order valence-electron chi connectivity index (χ2n) is 4.52. The lowest BCUT2D eigenvalue weighted by Crippen LogP contribution is -2.27. The summed E-state index contributed by atoms with van der Waals surface area (Å²) in [5, 5.41) is 9.15. The molecule has 0 amide bonds. The maximum atomic E-state index is 11.1. The number of aryl methyl sites for hydroxylation is 2. The van der Waals surface area contributed by atoms with E-state index in [1.807, 2.05) is 32.0 Å². The Balaban J connectivity index is 2.99.